The Bertz CT molecular complexity index is 1950. The number of nitriles is 1. The van der Waals surface area contributed by atoms with Crippen molar-refractivity contribution in [2.75, 3.05) is 29.1 Å². The molecule has 0 aliphatic rings. The number of aliphatic carboxylic acids is 1. The third kappa shape index (κ3) is 10.7. The summed E-state index contributed by atoms with van der Waals surface area (Å²) >= 11 is 0. The Balaban J connectivity index is 1.45. The molecule has 4 amide bonds. The molecule has 272 valence electrons. The Labute approximate surface area is 303 Å². The molecule has 0 saturated heterocycles. The van der Waals surface area contributed by atoms with Crippen molar-refractivity contribution >= 4 is 52.2 Å². The van der Waals surface area contributed by atoms with E-state index < -0.39 is 35.4 Å². The number of anilines is 3. The minimum Gasteiger partial charge on any atom is -0.479 e. The van der Waals surface area contributed by atoms with Gasteiger partial charge in [-0.25, -0.2) is 24.2 Å². The molecule has 0 spiro atoms. The van der Waals surface area contributed by atoms with Crippen molar-refractivity contribution in [3.63, 3.8) is 0 Å². The maximum atomic E-state index is 13.3. The number of pyridine rings is 1. The average Bonchev–Trinajstić information content (AvgIpc) is 3.06. The number of hydrogen-bond donors (Lipinski definition) is 3. The smallest absolute Gasteiger partial charge is 0.425 e. The van der Waals surface area contributed by atoms with Crippen LogP contribution in [0.2, 0.25) is 0 Å². The number of carboxylic acid groups (broad SMARTS) is 1. The summed E-state index contributed by atoms with van der Waals surface area (Å²) in [7, 11) is 1.69. The lowest BCUT2D eigenvalue weighted by atomic mass is 10.0. The van der Waals surface area contributed by atoms with E-state index in [1.165, 1.54) is 6.20 Å². The number of aromatic nitrogens is 1. The molecule has 4 rings (SSSR count). The summed E-state index contributed by atoms with van der Waals surface area (Å²) in [4.78, 5) is 58.1. The van der Waals surface area contributed by atoms with Gasteiger partial charge in [-0.2, -0.15) is 10.2 Å². The molecular formula is C39H44N6O7. The molecule has 3 N–H and O–H groups in total. The number of fused-ring (bicyclic) bond motifs is 1. The van der Waals surface area contributed by atoms with Gasteiger partial charge in [0.15, 0.2) is 11.9 Å². The fourth-order valence-corrected chi connectivity index (χ4v) is 5.13. The van der Waals surface area contributed by atoms with E-state index in [1.807, 2.05) is 18.2 Å². The lowest BCUT2D eigenvalue weighted by Crippen LogP contribution is -2.44. The highest BCUT2D eigenvalue weighted by molar-refractivity contribution is 6.14. The number of ether oxygens (including phenoxy) is 2. The molecule has 1 unspecified atom stereocenters. The first kappa shape index (κ1) is 38.6. The zero-order chi connectivity index (χ0) is 38.2. The van der Waals surface area contributed by atoms with E-state index in [9.17, 15) is 24.3 Å². The largest absolute Gasteiger partial charge is 0.479 e. The van der Waals surface area contributed by atoms with Crippen LogP contribution in [0.5, 0.6) is 0 Å². The van der Waals surface area contributed by atoms with Crippen molar-refractivity contribution in [3.8, 4) is 6.07 Å². The summed E-state index contributed by atoms with van der Waals surface area (Å²) < 4.78 is 11.0. The first-order valence-electron chi connectivity index (χ1n) is 16.7. The second kappa shape index (κ2) is 16.2. The summed E-state index contributed by atoms with van der Waals surface area (Å²) in [5.41, 5.74) is 1.21. The van der Waals surface area contributed by atoms with E-state index in [4.69, 9.17) is 14.7 Å². The third-order valence-corrected chi connectivity index (χ3v) is 7.53. The molecule has 0 aliphatic carbocycles. The monoisotopic (exact) mass is 708 g/mol. The fraction of sp³-hybridized carbons (Fsp3) is 0.333. The molecule has 13 heteroatoms. The van der Waals surface area contributed by atoms with Gasteiger partial charge in [-0.3, -0.25) is 0 Å². The molecular weight excluding hydrogens is 664 g/mol. The van der Waals surface area contributed by atoms with Gasteiger partial charge >= 0.3 is 24.2 Å². The maximum Gasteiger partial charge on any atom is 0.425 e. The molecule has 4 aromatic rings. The minimum absolute atomic E-state index is 0.00938. The number of hydrogen-bond acceptors (Lipinski definition) is 9. The molecule has 0 saturated carbocycles. The van der Waals surface area contributed by atoms with Crippen LogP contribution in [0.4, 0.5) is 31.6 Å². The van der Waals surface area contributed by atoms with Crippen molar-refractivity contribution in [3.05, 3.63) is 95.7 Å². The van der Waals surface area contributed by atoms with Crippen LogP contribution in [0.1, 0.15) is 70.7 Å². The van der Waals surface area contributed by atoms with Gasteiger partial charge in [0.2, 0.25) is 0 Å². The van der Waals surface area contributed by atoms with Gasteiger partial charge in [0, 0.05) is 36.6 Å². The normalized spacial score (nSPS) is 11.9. The number of imide groups is 1. The molecule has 1 atom stereocenters. The van der Waals surface area contributed by atoms with Crippen LogP contribution in [-0.2, 0) is 20.7 Å². The molecule has 13 nitrogen and oxygen atoms in total. The van der Waals surface area contributed by atoms with E-state index in [-0.39, 0.29) is 11.8 Å². The summed E-state index contributed by atoms with van der Waals surface area (Å²) in [6.07, 6.45) is 0.882. The van der Waals surface area contributed by atoms with E-state index in [0.717, 1.165) is 10.5 Å². The Kier molecular flexibility index (Phi) is 12.1. The third-order valence-electron chi connectivity index (χ3n) is 7.53. The number of rotatable bonds is 10. The lowest BCUT2D eigenvalue weighted by molar-refractivity contribution is -0.138. The SMILES string of the molecule is CN(CCCc1ccc(C(Nc2ccc3c(N(C(=O)OC(C)(C)C)C(=O)OC(C)(C)C)nccc3c2)C(=O)O)cc1)C(=O)Nc1cccc(C#N)c1. The fourth-order valence-electron chi connectivity index (χ4n) is 5.13. The zero-order valence-corrected chi connectivity index (χ0v) is 30.4. The van der Waals surface area contributed by atoms with Gasteiger partial charge in [0.1, 0.15) is 11.2 Å². The van der Waals surface area contributed by atoms with Crippen molar-refractivity contribution < 1.29 is 33.8 Å². The van der Waals surface area contributed by atoms with Crippen LogP contribution >= 0.6 is 0 Å². The first-order chi connectivity index (χ1) is 24.4. The molecule has 52 heavy (non-hydrogen) atoms. The van der Waals surface area contributed by atoms with Crippen molar-refractivity contribution in [1.82, 2.24) is 9.88 Å². The lowest BCUT2D eigenvalue weighted by Gasteiger charge is -2.28. The van der Waals surface area contributed by atoms with Crippen LogP contribution in [0.3, 0.4) is 0 Å². The van der Waals surface area contributed by atoms with Gasteiger partial charge in [-0.05, 0) is 113 Å². The highest BCUT2D eigenvalue weighted by Crippen LogP contribution is 2.31. The second-order valence-corrected chi connectivity index (χ2v) is 14.2. The van der Waals surface area contributed by atoms with Crippen LogP contribution in [0, 0.1) is 11.3 Å². The maximum absolute atomic E-state index is 13.3. The standard InChI is InChI=1S/C39H44N6O7/c1-38(2,3)51-36(49)45(37(50)52-39(4,5)6)33-31-18-17-30(23-28(31)19-20-41-33)42-32(34(46)47)27-15-13-25(14-16-27)11-9-21-44(7)35(48)43-29-12-8-10-26(22-29)24-40/h8,10,12-20,22-23,32,42H,9,11,21H2,1-7H3,(H,43,48)(H,46,47). The van der Waals surface area contributed by atoms with Crippen LogP contribution in [-0.4, -0.2) is 64.0 Å². The Morgan fingerprint density at radius 3 is 2.13 bits per heavy atom. The van der Waals surface area contributed by atoms with Crippen LogP contribution < -0.4 is 15.5 Å². The van der Waals surface area contributed by atoms with E-state index in [2.05, 4.69) is 15.6 Å². The molecule has 0 radical (unpaired) electrons. The van der Waals surface area contributed by atoms with Crippen molar-refractivity contribution in [2.45, 2.75) is 71.6 Å². The molecule has 1 aromatic heterocycles. The highest BCUT2D eigenvalue weighted by atomic mass is 16.6. The predicted octanol–water partition coefficient (Wildman–Crippen LogP) is 8.12. The summed E-state index contributed by atoms with van der Waals surface area (Å²) in [5.74, 6) is -1.08. The number of nitrogens with one attached hydrogen (secondary N) is 2. The van der Waals surface area contributed by atoms with Gasteiger partial charge in [-0.1, -0.05) is 30.3 Å². The number of benzene rings is 3. The van der Waals surface area contributed by atoms with Crippen molar-refractivity contribution in [1.29, 1.82) is 5.26 Å². The average molecular weight is 709 g/mol. The molecule has 0 bridgehead atoms. The Hall–Kier alpha value is -6.16. The summed E-state index contributed by atoms with van der Waals surface area (Å²) in [6, 6.07) is 21.3. The number of carboxylic acids is 1. The van der Waals surface area contributed by atoms with Crippen LogP contribution in [0.25, 0.3) is 10.8 Å². The summed E-state index contributed by atoms with van der Waals surface area (Å²) in [6.45, 7) is 10.6. The van der Waals surface area contributed by atoms with Gasteiger partial charge < -0.3 is 30.1 Å². The number of carbonyl (C=O) groups excluding carboxylic acids is 3. The Morgan fingerprint density at radius 2 is 1.54 bits per heavy atom. The minimum atomic E-state index is -1.09. The highest BCUT2D eigenvalue weighted by Gasteiger charge is 2.34. The van der Waals surface area contributed by atoms with Crippen LogP contribution in [0.15, 0.2) is 79.0 Å². The number of carbonyl (C=O) groups is 4. The van der Waals surface area contributed by atoms with Crippen molar-refractivity contribution in [2.24, 2.45) is 0 Å². The number of amides is 4. The van der Waals surface area contributed by atoms with Gasteiger partial charge in [0.25, 0.3) is 0 Å². The number of urea groups is 1. The molecule has 0 fully saturated rings. The quantitative estimate of drug-likeness (QED) is 0.146. The van der Waals surface area contributed by atoms with Gasteiger partial charge in [0.05, 0.1) is 11.6 Å². The van der Waals surface area contributed by atoms with E-state index in [0.29, 0.717) is 52.7 Å². The van der Waals surface area contributed by atoms with E-state index >= 15 is 0 Å². The second-order valence-electron chi connectivity index (χ2n) is 14.2. The molecule has 3 aromatic carbocycles. The van der Waals surface area contributed by atoms with E-state index in [1.54, 1.807) is 114 Å². The zero-order valence-electron chi connectivity index (χ0n) is 30.4. The number of nitrogens with zero attached hydrogens (tertiary/aromatic N) is 4. The van der Waals surface area contributed by atoms with Gasteiger partial charge in [-0.15, -0.1) is 0 Å². The number of aryl methyl sites for hydroxylation is 1. The topological polar surface area (TPSA) is 174 Å². The Morgan fingerprint density at radius 1 is 0.885 bits per heavy atom. The molecule has 1 heterocycles. The predicted molar refractivity (Wildman–Crippen MR) is 198 cm³/mol. The first-order valence-corrected chi connectivity index (χ1v) is 16.7. The summed E-state index contributed by atoms with van der Waals surface area (Å²) in [5, 5.41) is 26.1. The molecule has 0 aliphatic heterocycles.